The molecule has 1 heterocycles. The first-order valence-electron chi connectivity index (χ1n) is 5.52. The SMILES string of the molecule is CCOC(=O)c1nc(-c2ccc(Br)cc2)sc1C. The first-order valence-corrected chi connectivity index (χ1v) is 7.13. The van der Waals surface area contributed by atoms with Gasteiger partial charge in [0, 0.05) is 14.9 Å². The molecule has 0 aliphatic rings. The second-order valence-electron chi connectivity index (χ2n) is 3.65. The Kier molecular flexibility index (Phi) is 4.14. The second kappa shape index (κ2) is 5.63. The maximum absolute atomic E-state index is 11.7. The maximum Gasteiger partial charge on any atom is 0.358 e. The quantitative estimate of drug-likeness (QED) is 0.799. The van der Waals surface area contributed by atoms with E-state index in [4.69, 9.17) is 4.74 Å². The molecule has 0 aliphatic heterocycles. The van der Waals surface area contributed by atoms with Crippen molar-refractivity contribution in [2.75, 3.05) is 6.61 Å². The Morgan fingerprint density at radius 3 is 2.67 bits per heavy atom. The van der Waals surface area contributed by atoms with Crippen LogP contribution in [-0.2, 0) is 4.74 Å². The lowest BCUT2D eigenvalue weighted by Crippen LogP contribution is -2.06. The van der Waals surface area contributed by atoms with Crippen LogP contribution in [0.25, 0.3) is 10.6 Å². The van der Waals surface area contributed by atoms with Gasteiger partial charge in [-0.25, -0.2) is 9.78 Å². The van der Waals surface area contributed by atoms with Gasteiger partial charge in [-0.15, -0.1) is 11.3 Å². The number of ether oxygens (including phenoxy) is 1. The van der Waals surface area contributed by atoms with E-state index in [2.05, 4.69) is 20.9 Å². The van der Waals surface area contributed by atoms with E-state index in [-0.39, 0.29) is 5.97 Å². The van der Waals surface area contributed by atoms with Crippen LogP contribution in [0.4, 0.5) is 0 Å². The van der Waals surface area contributed by atoms with E-state index < -0.39 is 0 Å². The summed E-state index contributed by atoms with van der Waals surface area (Å²) in [6.45, 7) is 4.03. The smallest absolute Gasteiger partial charge is 0.358 e. The lowest BCUT2D eigenvalue weighted by atomic mass is 10.2. The molecule has 0 saturated heterocycles. The van der Waals surface area contributed by atoms with Crippen LogP contribution >= 0.6 is 27.3 Å². The van der Waals surface area contributed by atoms with Crippen molar-refractivity contribution in [1.29, 1.82) is 0 Å². The van der Waals surface area contributed by atoms with Crippen LogP contribution in [0.5, 0.6) is 0 Å². The van der Waals surface area contributed by atoms with E-state index in [1.807, 2.05) is 31.2 Å². The van der Waals surface area contributed by atoms with Gasteiger partial charge in [-0.05, 0) is 26.0 Å². The van der Waals surface area contributed by atoms with Crippen molar-refractivity contribution in [3.63, 3.8) is 0 Å². The summed E-state index contributed by atoms with van der Waals surface area (Å²) >= 11 is 4.89. The fraction of sp³-hybridized carbons (Fsp3) is 0.231. The third kappa shape index (κ3) is 2.79. The Labute approximate surface area is 118 Å². The Balaban J connectivity index is 2.34. The number of benzene rings is 1. The molecular formula is C13H12BrNO2S. The molecule has 0 amide bonds. The number of aryl methyl sites for hydroxylation is 1. The Hall–Kier alpha value is -1.20. The normalized spacial score (nSPS) is 10.4. The zero-order valence-electron chi connectivity index (χ0n) is 10.1. The van der Waals surface area contributed by atoms with Gasteiger partial charge >= 0.3 is 5.97 Å². The minimum absolute atomic E-state index is 0.352. The molecule has 1 aromatic heterocycles. The average Bonchev–Trinajstić information content (AvgIpc) is 2.72. The topological polar surface area (TPSA) is 39.2 Å². The van der Waals surface area contributed by atoms with Crippen LogP contribution in [0.2, 0.25) is 0 Å². The average molecular weight is 326 g/mol. The van der Waals surface area contributed by atoms with Crippen LogP contribution in [0.15, 0.2) is 28.7 Å². The molecule has 94 valence electrons. The van der Waals surface area contributed by atoms with Crippen molar-refractivity contribution >= 4 is 33.2 Å². The molecule has 1 aromatic carbocycles. The van der Waals surface area contributed by atoms with Gasteiger partial charge in [0.15, 0.2) is 5.69 Å². The third-order valence-corrected chi connectivity index (χ3v) is 3.91. The predicted octanol–water partition coefficient (Wildman–Crippen LogP) is 4.06. The highest BCUT2D eigenvalue weighted by atomic mass is 79.9. The zero-order valence-corrected chi connectivity index (χ0v) is 12.5. The lowest BCUT2D eigenvalue weighted by molar-refractivity contribution is 0.0519. The number of hydrogen-bond donors (Lipinski definition) is 0. The molecule has 3 nitrogen and oxygen atoms in total. The molecule has 0 saturated carbocycles. The molecule has 2 aromatic rings. The number of carbonyl (C=O) groups is 1. The summed E-state index contributed by atoms with van der Waals surface area (Å²) in [5.74, 6) is -0.352. The van der Waals surface area contributed by atoms with Crippen molar-refractivity contribution in [3.8, 4) is 10.6 Å². The highest BCUT2D eigenvalue weighted by molar-refractivity contribution is 9.10. The molecule has 2 rings (SSSR count). The molecule has 0 fully saturated rings. The number of halogens is 1. The zero-order chi connectivity index (χ0) is 13.1. The van der Waals surface area contributed by atoms with Gasteiger partial charge in [-0.1, -0.05) is 28.1 Å². The molecule has 0 N–H and O–H groups in total. The van der Waals surface area contributed by atoms with Crippen molar-refractivity contribution in [2.45, 2.75) is 13.8 Å². The Bertz CT molecular complexity index is 563. The molecule has 0 radical (unpaired) electrons. The second-order valence-corrected chi connectivity index (χ2v) is 5.77. The number of esters is 1. The molecule has 0 unspecified atom stereocenters. The van der Waals surface area contributed by atoms with E-state index >= 15 is 0 Å². The van der Waals surface area contributed by atoms with Crippen LogP contribution in [0, 0.1) is 6.92 Å². The van der Waals surface area contributed by atoms with Gasteiger partial charge in [0.1, 0.15) is 5.01 Å². The first-order chi connectivity index (χ1) is 8.61. The summed E-state index contributed by atoms with van der Waals surface area (Å²) in [5, 5.41) is 0.836. The van der Waals surface area contributed by atoms with Crippen LogP contribution in [0.1, 0.15) is 22.3 Å². The van der Waals surface area contributed by atoms with Crippen molar-refractivity contribution in [2.24, 2.45) is 0 Å². The standard InChI is InChI=1S/C13H12BrNO2S/c1-3-17-13(16)11-8(2)18-12(15-11)9-4-6-10(14)7-5-9/h4-7H,3H2,1-2H3. The molecule has 0 bridgehead atoms. The summed E-state index contributed by atoms with van der Waals surface area (Å²) in [5.41, 5.74) is 1.42. The van der Waals surface area contributed by atoms with Crippen LogP contribution < -0.4 is 0 Å². The van der Waals surface area contributed by atoms with Gasteiger partial charge in [-0.3, -0.25) is 0 Å². The van der Waals surface area contributed by atoms with E-state index in [1.165, 1.54) is 11.3 Å². The van der Waals surface area contributed by atoms with Gasteiger partial charge in [0.25, 0.3) is 0 Å². The lowest BCUT2D eigenvalue weighted by Gasteiger charge is -1.98. The molecule has 5 heteroatoms. The van der Waals surface area contributed by atoms with Crippen LogP contribution in [0.3, 0.4) is 0 Å². The molecule has 0 spiro atoms. The molecule has 18 heavy (non-hydrogen) atoms. The minimum Gasteiger partial charge on any atom is -0.461 e. The number of carbonyl (C=O) groups excluding carboxylic acids is 1. The van der Waals surface area contributed by atoms with Crippen molar-refractivity contribution < 1.29 is 9.53 Å². The van der Waals surface area contributed by atoms with Gasteiger partial charge in [0.2, 0.25) is 0 Å². The Morgan fingerprint density at radius 1 is 1.39 bits per heavy atom. The summed E-state index contributed by atoms with van der Waals surface area (Å²) < 4.78 is 5.99. The largest absolute Gasteiger partial charge is 0.461 e. The highest BCUT2D eigenvalue weighted by Gasteiger charge is 2.17. The highest BCUT2D eigenvalue weighted by Crippen LogP contribution is 2.28. The van der Waals surface area contributed by atoms with E-state index in [1.54, 1.807) is 6.92 Å². The molecule has 0 aliphatic carbocycles. The number of aromatic nitrogens is 1. The van der Waals surface area contributed by atoms with E-state index in [0.717, 1.165) is 19.9 Å². The van der Waals surface area contributed by atoms with Gasteiger partial charge < -0.3 is 4.74 Å². The van der Waals surface area contributed by atoms with Crippen molar-refractivity contribution in [1.82, 2.24) is 4.98 Å². The number of rotatable bonds is 3. The summed E-state index contributed by atoms with van der Waals surface area (Å²) in [6, 6.07) is 7.85. The monoisotopic (exact) mass is 325 g/mol. The summed E-state index contributed by atoms with van der Waals surface area (Å²) in [6.07, 6.45) is 0. The number of nitrogens with zero attached hydrogens (tertiary/aromatic N) is 1. The first kappa shape index (κ1) is 13.2. The number of thiazole rings is 1. The van der Waals surface area contributed by atoms with E-state index in [9.17, 15) is 4.79 Å². The van der Waals surface area contributed by atoms with Crippen molar-refractivity contribution in [3.05, 3.63) is 39.3 Å². The molecular weight excluding hydrogens is 314 g/mol. The van der Waals surface area contributed by atoms with Crippen LogP contribution in [-0.4, -0.2) is 17.6 Å². The van der Waals surface area contributed by atoms with Gasteiger partial charge in [-0.2, -0.15) is 0 Å². The van der Waals surface area contributed by atoms with E-state index in [0.29, 0.717) is 12.3 Å². The molecule has 0 atom stereocenters. The minimum atomic E-state index is -0.352. The fourth-order valence-electron chi connectivity index (χ4n) is 1.50. The number of hydrogen-bond acceptors (Lipinski definition) is 4. The fourth-order valence-corrected chi connectivity index (χ4v) is 2.67. The summed E-state index contributed by atoms with van der Waals surface area (Å²) in [7, 11) is 0. The predicted molar refractivity (Wildman–Crippen MR) is 75.9 cm³/mol. The maximum atomic E-state index is 11.7. The third-order valence-electron chi connectivity index (χ3n) is 2.36. The van der Waals surface area contributed by atoms with Gasteiger partial charge in [0.05, 0.1) is 6.61 Å². The Morgan fingerprint density at radius 2 is 2.06 bits per heavy atom. The summed E-state index contributed by atoms with van der Waals surface area (Å²) in [4.78, 5) is 16.9.